The molecule has 0 bridgehead atoms. The Bertz CT molecular complexity index is 289. The molecule has 0 radical (unpaired) electrons. The van der Waals surface area contributed by atoms with Gasteiger partial charge in [-0.15, -0.1) is 0 Å². The van der Waals surface area contributed by atoms with Crippen molar-refractivity contribution in [1.29, 1.82) is 0 Å². The topological polar surface area (TPSA) is 73.8 Å². The highest BCUT2D eigenvalue weighted by molar-refractivity contribution is 5.78. The summed E-state index contributed by atoms with van der Waals surface area (Å²) in [6.45, 7) is 4.29. The SMILES string of the molecule is O=C(CN(CCO)CC1CCCN1)NCC1CCCO1. The van der Waals surface area contributed by atoms with Gasteiger partial charge in [-0.25, -0.2) is 0 Å². The maximum Gasteiger partial charge on any atom is 0.234 e. The number of rotatable bonds is 8. The Labute approximate surface area is 120 Å². The quantitative estimate of drug-likeness (QED) is 0.551. The lowest BCUT2D eigenvalue weighted by Crippen LogP contribution is -2.45. The summed E-state index contributed by atoms with van der Waals surface area (Å²) in [5, 5.41) is 15.5. The van der Waals surface area contributed by atoms with Crippen molar-refractivity contribution in [3.63, 3.8) is 0 Å². The maximum absolute atomic E-state index is 11.9. The average molecular weight is 285 g/mol. The first kappa shape index (κ1) is 15.7. The molecule has 0 aliphatic carbocycles. The van der Waals surface area contributed by atoms with E-state index in [0.717, 1.165) is 39.0 Å². The minimum atomic E-state index is 0.0203. The third kappa shape index (κ3) is 5.36. The Kier molecular flexibility index (Phi) is 6.72. The second-order valence-electron chi connectivity index (χ2n) is 5.69. The lowest BCUT2D eigenvalue weighted by molar-refractivity contribution is -0.122. The normalized spacial score (nSPS) is 26.3. The van der Waals surface area contributed by atoms with Crippen molar-refractivity contribution in [3.8, 4) is 0 Å². The molecule has 0 aromatic rings. The molecule has 0 spiro atoms. The first-order valence-corrected chi connectivity index (χ1v) is 7.73. The van der Waals surface area contributed by atoms with Crippen LogP contribution in [0.5, 0.6) is 0 Å². The molecule has 116 valence electrons. The van der Waals surface area contributed by atoms with E-state index in [1.807, 2.05) is 4.90 Å². The van der Waals surface area contributed by atoms with Crippen LogP contribution in [0.25, 0.3) is 0 Å². The first-order chi connectivity index (χ1) is 9.78. The Morgan fingerprint density at radius 2 is 2.30 bits per heavy atom. The van der Waals surface area contributed by atoms with Gasteiger partial charge >= 0.3 is 0 Å². The average Bonchev–Trinajstić information content (AvgIpc) is 3.09. The van der Waals surface area contributed by atoms with Crippen molar-refractivity contribution in [3.05, 3.63) is 0 Å². The predicted octanol–water partition coefficient (Wildman–Crippen LogP) is -0.672. The number of nitrogens with zero attached hydrogens (tertiary/aromatic N) is 1. The number of hydrogen-bond donors (Lipinski definition) is 3. The van der Waals surface area contributed by atoms with Gasteiger partial charge in [0.05, 0.1) is 19.3 Å². The van der Waals surface area contributed by atoms with E-state index in [1.165, 1.54) is 6.42 Å². The van der Waals surface area contributed by atoms with Gasteiger partial charge in [-0.2, -0.15) is 0 Å². The third-order valence-corrected chi connectivity index (χ3v) is 3.98. The highest BCUT2D eigenvalue weighted by atomic mass is 16.5. The van der Waals surface area contributed by atoms with Crippen LogP contribution in [-0.2, 0) is 9.53 Å². The van der Waals surface area contributed by atoms with Crippen molar-refractivity contribution in [2.75, 3.05) is 45.9 Å². The molecule has 0 saturated carbocycles. The van der Waals surface area contributed by atoms with Crippen molar-refractivity contribution < 1.29 is 14.6 Å². The lowest BCUT2D eigenvalue weighted by atomic mass is 10.2. The monoisotopic (exact) mass is 285 g/mol. The van der Waals surface area contributed by atoms with Gasteiger partial charge in [0.25, 0.3) is 0 Å². The van der Waals surface area contributed by atoms with E-state index in [9.17, 15) is 4.79 Å². The van der Waals surface area contributed by atoms with Crippen LogP contribution in [0.2, 0.25) is 0 Å². The van der Waals surface area contributed by atoms with E-state index in [4.69, 9.17) is 9.84 Å². The Morgan fingerprint density at radius 3 is 2.95 bits per heavy atom. The molecule has 0 aromatic heterocycles. The summed E-state index contributed by atoms with van der Waals surface area (Å²) < 4.78 is 5.49. The molecule has 6 heteroatoms. The van der Waals surface area contributed by atoms with Crippen molar-refractivity contribution in [2.45, 2.75) is 37.8 Å². The molecule has 2 atom stereocenters. The molecule has 2 fully saturated rings. The maximum atomic E-state index is 11.9. The fourth-order valence-corrected chi connectivity index (χ4v) is 2.89. The molecule has 20 heavy (non-hydrogen) atoms. The van der Waals surface area contributed by atoms with Crippen molar-refractivity contribution in [1.82, 2.24) is 15.5 Å². The van der Waals surface area contributed by atoms with Crippen LogP contribution in [0.3, 0.4) is 0 Å². The van der Waals surface area contributed by atoms with E-state index in [-0.39, 0.29) is 18.6 Å². The van der Waals surface area contributed by atoms with Crippen LogP contribution in [0.1, 0.15) is 25.7 Å². The van der Waals surface area contributed by atoms with E-state index in [2.05, 4.69) is 10.6 Å². The zero-order valence-electron chi connectivity index (χ0n) is 12.1. The number of amides is 1. The number of aliphatic hydroxyl groups is 1. The Balaban J connectivity index is 1.67. The summed E-state index contributed by atoms with van der Waals surface area (Å²) in [6.07, 6.45) is 4.65. The van der Waals surface area contributed by atoms with Crippen LogP contribution in [-0.4, -0.2) is 74.0 Å². The Hall–Kier alpha value is -0.690. The van der Waals surface area contributed by atoms with Crippen molar-refractivity contribution in [2.24, 2.45) is 0 Å². The van der Waals surface area contributed by atoms with E-state index >= 15 is 0 Å². The van der Waals surface area contributed by atoms with Gasteiger partial charge in [-0.05, 0) is 32.2 Å². The highest BCUT2D eigenvalue weighted by Crippen LogP contribution is 2.10. The number of aliphatic hydroxyl groups excluding tert-OH is 1. The molecule has 3 N–H and O–H groups in total. The molecule has 1 amide bonds. The van der Waals surface area contributed by atoms with Crippen LogP contribution in [0.4, 0.5) is 0 Å². The predicted molar refractivity (Wildman–Crippen MR) is 76.5 cm³/mol. The smallest absolute Gasteiger partial charge is 0.234 e. The summed E-state index contributed by atoms with van der Waals surface area (Å²) in [5.41, 5.74) is 0. The van der Waals surface area contributed by atoms with Gasteiger partial charge < -0.3 is 20.5 Å². The number of hydrogen-bond acceptors (Lipinski definition) is 5. The van der Waals surface area contributed by atoms with Gasteiger partial charge in [-0.1, -0.05) is 0 Å². The minimum Gasteiger partial charge on any atom is -0.395 e. The fraction of sp³-hybridized carbons (Fsp3) is 0.929. The largest absolute Gasteiger partial charge is 0.395 e. The van der Waals surface area contributed by atoms with E-state index < -0.39 is 0 Å². The van der Waals surface area contributed by atoms with Crippen LogP contribution in [0, 0.1) is 0 Å². The van der Waals surface area contributed by atoms with Crippen molar-refractivity contribution >= 4 is 5.91 Å². The summed E-state index contributed by atoms with van der Waals surface area (Å²) >= 11 is 0. The zero-order chi connectivity index (χ0) is 14.2. The van der Waals surface area contributed by atoms with Crippen LogP contribution >= 0.6 is 0 Å². The molecule has 2 unspecified atom stereocenters. The van der Waals surface area contributed by atoms with Gasteiger partial charge in [0.1, 0.15) is 0 Å². The molecule has 2 aliphatic rings. The van der Waals surface area contributed by atoms with Gasteiger partial charge in [-0.3, -0.25) is 9.69 Å². The van der Waals surface area contributed by atoms with E-state index in [0.29, 0.717) is 25.7 Å². The van der Waals surface area contributed by atoms with Gasteiger partial charge in [0.15, 0.2) is 0 Å². The first-order valence-electron chi connectivity index (χ1n) is 7.73. The minimum absolute atomic E-state index is 0.0203. The summed E-state index contributed by atoms with van der Waals surface area (Å²) in [4.78, 5) is 14.0. The fourth-order valence-electron chi connectivity index (χ4n) is 2.89. The number of ether oxygens (including phenoxy) is 1. The Morgan fingerprint density at radius 1 is 1.40 bits per heavy atom. The molecular weight excluding hydrogens is 258 g/mol. The molecule has 2 heterocycles. The number of nitrogens with one attached hydrogen (secondary N) is 2. The van der Waals surface area contributed by atoms with Gasteiger partial charge in [0, 0.05) is 32.3 Å². The third-order valence-electron chi connectivity index (χ3n) is 3.98. The van der Waals surface area contributed by atoms with Gasteiger partial charge in [0.2, 0.25) is 5.91 Å². The van der Waals surface area contributed by atoms with Crippen LogP contribution in [0.15, 0.2) is 0 Å². The summed E-state index contributed by atoms with van der Waals surface area (Å²) in [6, 6.07) is 0.451. The molecule has 2 saturated heterocycles. The van der Waals surface area contributed by atoms with Crippen LogP contribution < -0.4 is 10.6 Å². The second-order valence-corrected chi connectivity index (χ2v) is 5.69. The molecule has 0 aromatic carbocycles. The molecule has 6 nitrogen and oxygen atoms in total. The van der Waals surface area contributed by atoms with E-state index in [1.54, 1.807) is 0 Å². The second kappa shape index (κ2) is 8.56. The standard InChI is InChI=1S/C14H27N3O3/c18-7-6-17(10-12-3-1-5-15-12)11-14(19)16-9-13-4-2-8-20-13/h12-13,15,18H,1-11H2,(H,16,19). The summed E-state index contributed by atoms with van der Waals surface area (Å²) in [5.74, 6) is 0.0203. The lowest BCUT2D eigenvalue weighted by Gasteiger charge is -2.24. The molecule has 2 aliphatic heterocycles. The number of carbonyl (C=O) groups is 1. The molecular formula is C14H27N3O3. The highest BCUT2D eigenvalue weighted by Gasteiger charge is 2.20. The number of carbonyl (C=O) groups excluding carboxylic acids is 1. The summed E-state index contributed by atoms with van der Waals surface area (Å²) in [7, 11) is 0. The molecule has 2 rings (SSSR count). The zero-order valence-corrected chi connectivity index (χ0v) is 12.1.